The first-order valence-electron chi connectivity index (χ1n) is 7.04. The minimum atomic E-state index is 0.0840. The Hall–Kier alpha value is -0.0800. The molecule has 16 heavy (non-hydrogen) atoms. The van der Waals surface area contributed by atoms with Crippen LogP contribution in [0.4, 0.5) is 0 Å². The minimum absolute atomic E-state index is 0.0840. The highest BCUT2D eigenvalue weighted by Crippen LogP contribution is 2.28. The number of hydrogen-bond donors (Lipinski definition) is 0. The van der Waals surface area contributed by atoms with Gasteiger partial charge in [-0.25, -0.2) is 0 Å². The summed E-state index contributed by atoms with van der Waals surface area (Å²) in [5.41, 5.74) is 0. The third-order valence-corrected chi connectivity index (χ3v) is 3.74. The van der Waals surface area contributed by atoms with Gasteiger partial charge in [0.1, 0.15) is 0 Å². The SMILES string of the molecule is CCCCC(CC)CC(CC)C1OCCO1. The van der Waals surface area contributed by atoms with E-state index >= 15 is 0 Å². The first-order chi connectivity index (χ1) is 7.81. The average Bonchev–Trinajstić information content (AvgIpc) is 2.83. The molecule has 1 aliphatic heterocycles. The Morgan fingerprint density at radius 2 is 1.75 bits per heavy atom. The van der Waals surface area contributed by atoms with Crippen LogP contribution in [0.1, 0.15) is 59.3 Å². The summed E-state index contributed by atoms with van der Waals surface area (Å²) in [6.07, 6.45) is 7.87. The predicted molar refractivity (Wildman–Crippen MR) is 67.4 cm³/mol. The molecule has 0 aromatic heterocycles. The molecular formula is C14H28O2. The molecule has 1 saturated heterocycles. The number of hydrogen-bond acceptors (Lipinski definition) is 2. The van der Waals surface area contributed by atoms with Gasteiger partial charge in [-0.2, -0.15) is 0 Å². The zero-order chi connectivity index (χ0) is 11.8. The molecule has 0 aliphatic carbocycles. The van der Waals surface area contributed by atoms with Crippen molar-refractivity contribution in [2.45, 2.75) is 65.6 Å². The molecule has 2 atom stereocenters. The zero-order valence-electron chi connectivity index (χ0n) is 11.2. The third-order valence-electron chi connectivity index (χ3n) is 3.74. The van der Waals surface area contributed by atoms with Gasteiger partial charge in [0, 0.05) is 5.92 Å². The Morgan fingerprint density at radius 3 is 2.25 bits per heavy atom. The molecule has 1 rings (SSSR count). The highest BCUT2D eigenvalue weighted by molar-refractivity contribution is 4.70. The van der Waals surface area contributed by atoms with Gasteiger partial charge in [0.25, 0.3) is 0 Å². The van der Waals surface area contributed by atoms with Crippen molar-refractivity contribution in [2.24, 2.45) is 11.8 Å². The summed E-state index contributed by atoms with van der Waals surface area (Å²) in [5, 5.41) is 0. The summed E-state index contributed by atoms with van der Waals surface area (Å²) in [6, 6.07) is 0. The van der Waals surface area contributed by atoms with Crippen LogP contribution in [-0.4, -0.2) is 19.5 Å². The molecule has 2 nitrogen and oxygen atoms in total. The Labute approximate surface area is 101 Å². The van der Waals surface area contributed by atoms with Crippen LogP contribution in [0, 0.1) is 11.8 Å². The highest BCUT2D eigenvalue weighted by Gasteiger charge is 2.27. The molecule has 0 N–H and O–H groups in total. The Kier molecular flexibility index (Phi) is 7.06. The molecule has 2 unspecified atom stereocenters. The molecule has 0 radical (unpaired) electrons. The van der Waals surface area contributed by atoms with Crippen molar-refractivity contribution in [3.8, 4) is 0 Å². The number of unbranched alkanes of at least 4 members (excludes halogenated alkanes) is 1. The van der Waals surface area contributed by atoms with Gasteiger partial charge in [0.15, 0.2) is 6.29 Å². The number of ether oxygens (including phenoxy) is 2. The van der Waals surface area contributed by atoms with Crippen LogP contribution in [-0.2, 0) is 9.47 Å². The monoisotopic (exact) mass is 228 g/mol. The lowest BCUT2D eigenvalue weighted by molar-refractivity contribution is -0.0903. The van der Waals surface area contributed by atoms with E-state index in [1.165, 1.54) is 38.5 Å². The smallest absolute Gasteiger partial charge is 0.160 e. The average molecular weight is 228 g/mol. The molecule has 1 fully saturated rings. The van der Waals surface area contributed by atoms with Gasteiger partial charge in [-0.3, -0.25) is 0 Å². The normalized spacial score (nSPS) is 21.2. The molecular weight excluding hydrogens is 200 g/mol. The molecule has 1 heterocycles. The second-order valence-corrected chi connectivity index (χ2v) is 4.93. The second kappa shape index (κ2) is 8.08. The molecule has 0 bridgehead atoms. The topological polar surface area (TPSA) is 18.5 Å². The van der Waals surface area contributed by atoms with Crippen molar-refractivity contribution in [1.29, 1.82) is 0 Å². The van der Waals surface area contributed by atoms with Crippen molar-refractivity contribution in [3.63, 3.8) is 0 Å². The molecule has 96 valence electrons. The van der Waals surface area contributed by atoms with Gasteiger partial charge in [-0.05, 0) is 18.8 Å². The van der Waals surface area contributed by atoms with Crippen LogP contribution >= 0.6 is 0 Å². The van der Waals surface area contributed by atoms with Crippen molar-refractivity contribution in [1.82, 2.24) is 0 Å². The lowest BCUT2D eigenvalue weighted by atomic mass is 9.87. The lowest BCUT2D eigenvalue weighted by Gasteiger charge is -2.25. The maximum absolute atomic E-state index is 5.63. The minimum Gasteiger partial charge on any atom is -0.350 e. The van der Waals surface area contributed by atoms with E-state index < -0.39 is 0 Å². The molecule has 0 spiro atoms. The summed E-state index contributed by atoms with van der Waals surface area (Å²) in [4.78, 5) is 0. The maximum Gasteiger partial charge on any atom is 0.160 e. The Morgan fingerprint density at radius 1 is 1.06 bits per heavy atom. The summed E-state index contributed by atoms with van der Waals surface area (Å²) in [7, 11) is 0. The fourth-order valence-electron chi connectivity index (χ4n) is 2.53. The highest BCUT2D eigenvalue weighted by atomic mass is 16.7. The molecule has 0 aromatic rings. The first-order valence-corrected chi connectivity index (χ1v) is 7.04. The van der Waals surface area contributed by atoms with Crippen molar-refractivity contribution in [2.75, 3.05) is 13.2 Å². The number of rotatable bonds is 8. The van der Waals surface area contributed by atoms with Gasteiger partial charge in [-0.1, -0.05) is 46.5 Å². The van der Waals surface area contributed by atoms with E-state index in [2.05, 4.69) is 20.8 Å². The van der Waals surface area contributed by atoms with Crippen molar-refractivity contribution in [3.05, 3.63) is 0 Å². The van der Waals surface area contributed by atoms with Crippen LogP contribution in [0.2, 0.25) is 0 Å². The summed E-state index contributed by atoms with van der Waals surface area (Å²) in [6.45, 7) is 8.40. The van der Waals surface area contributed by atoms with E-state index in [1.54, 1.807) is 0 Å². The summed E-state index contributed by atoms with van der Waals surface area (Å²) < 4.78 is 11.3. The van der Waals surface area contributed by atoms with E-state index in [0.29, 0.717) is 5.92 Å². The van der Waals surface area contributed by atoms with Crippen LogP contribution in [0.3, 0.4) is 0 Å². The second-order valence-electron chi connectivity index (χ2n) is 4.93. The lowest BCUT2D eigenvalue weighted by Crippen LogP contribution is -2.23. The fraction of sp³-hybridized carbons (Fsp3) is 1.00. The van der Waals surface area contributed by atoms with E-state index in [9.17, 15) is 0 Å². The van der Waals surface area contributed by atoms with Crippen molar-refractivity contribution >= 4 is 0 Å². The van der Waals surface area contributed by atoms with Gasteiger partial charge in [0.05, 0.1) is 13.2 Å². The quantitative estimate of drug-likeness (QED) is 0.625. The summed E-state index contributed by atoms with van der Waals surface area (Å²) >= 11 is 0. The van der Waals surface area contributed by atoms with Gasteiger partial charge < -0.3 is 9.47 Å². The Bertz CT molecular complexity index is 164. The van der Waals surface area contributed by atoms with Gasteiger partial charge in [0.2, 0.25) is 0 Å². The van der Waals surface area contributed by atoms with E-state index in [-0.39, 0.29) is 6.29 Å². The van der Waals surface area contributed by atoms with Gasteiger partial charge in [-0.15, -0.1) is 0 Å². The molecule has 2 heteroatoms. The molecule has 0 aromatic carbocycles. The van der Waals surface area contributed by atoms with Crippen LogP contribution in [0.15, 0.2) is 0 Å². The zero-order valence-corrected chi connectivity index (χ0v) is 11.2. The molecule has 0 saturated carbocycles. The molecule has 1 aliphatic rings. The van der Waals surface area contributed by atoms with Gasteiger partial charge >= 0.3 is 0 Å². The van der Waals surface area contributed by atoms with Crippen LogP contribution < -0.4 is 0 Å². The van der Waals surface area contributed by atoms with E-state index in [0.717, 1.165) is 19.1 Å². The largest absolute Gasteiger partial charge is 0.350 e. The van der Waals surface area contributed by atoms with Crippen molar-refractivity contribution < 1.29 is 9.47 Å². The van der Waals surface area contributed by atoms with Crippen LogP contribution in [0.5, 0.6) is 0 Å². The standard InChI is InChI=1S/C14H28O2/c1-4-7-8-12(5-2)11-13(6-3)14-15-9-10-16-14/h12-14H,4-11H2,1-3H3. The third kappa shape index (κ3) is 4.42. The first kappa shape index (κ1) is 14.0. The Balaban J connectivity index is 2.33. The summed E-state index contributed by atoms with van der Waals surface area (Å²) in [5.74, 6) is 1.46. The van der Waals surface area contributed by atoms with E-state index in [1.807, 2.05) is 0 Å². The fourth-order valence-corrected chi connectivity index (χ4v) is 2.53. The predicted octanol–water partition coefficient (Wildman–Crippen LogP) is 3.99. The van der Waals surface area contributed by atoms with E-state index in [4.69, 9.17) is 9.47 Å². The van der Waals surface area contributed by atoms with Crippen LogP contribution in [0.25, 0.3) is 0 Å². The molecule has 0 amide bonds. The maximum atomic E-state index is 5.63.